The number of Topliss-reactive ketones (excluding diaryl/α,β-unsaturated/α-hetero) is 1. The number of phenols is 1. The minimum absolute atomic E-state index is 0.162. The number of aromatic hydroxyl groups is 1. The molecule has 1 saturated heterocycles. The summed E-state index contributed by atoms with van der Waals surface area (Å²) in [6.45, 7) is 3.05. The Hall–Kier alpha value is -1.85. The van der Waals surface area contributed by atoms with E-state index in [1.54, 1.807) is 13.2 Å². The van der Waals surface area contributed by atoms with Gasteiger partial charge in [-0.05, 0) is 50.9 Å². The Morgan fingerprint density at radius 1 is 1.38 bits per heavy atom. The molecule has 2 fully saturated rings. The predicted octanol–water partition coefficient (Wildman–Crippen LogP) is 2.98. The van der Waals surface area contributed by atoms with E-state index in [4.69, 9.17) is 9.47 Å². The third-order valence-electron chi connectivity index (χ3n) is 8.96. The third kappa shape index (κ3) is 1.72. The second kappa shape index (κ2) is 5.44. The van der Waals surface area contributed by atoms with Gasteiger partial charge in [-0.3, -0.25) is 4.79 Å². The van der Waals surface area contributed by atoms with E-state index in [1.165, 1.54) is 11.1 Å². The molecule has 0 amide bonds. The quantitative estimate of drug-likeness (QED) is 0.795. The highest BCUT2D eigenvalue weighted by atomic mass is 16.6. The summed E-state index contributed by atoms with van der Waals surface area (Å²) >= 11 is 0. The number of carbonyl (C=O) groups excluding carboxylic acids is 1. The fraction of sp³-hybridized carbons (Fsp3) is 0.625. The average molecular weight is 395 g/mol. The summed E-state index contributed by atoms with van der Waals surface area (Å²) in [5.41, 5.74) is 1.31. The number of benzene rings is 1. The van der Waals surface area contributed by atoms with Crippen molar-refractivity contribution in [2.75, 3.05) is 20.7 Å². The number of methoxy groups -OCH3 is 1. The molecule has 6 atom stereocenters. The molecular weight excluding hydrogens is 366 g/mol. The van der Waals surface area contributed by atoms with E-state index in [9.17, 15) is 9.90 Å². The Morgan fingerprint density at radius 3 is 2.97 bits per heavy atom. The van der Waals surface area contributed by atoms with Crippen LogP contribution in [0.25, 0.3) is 0 Å². The zero-order valence-electron chi connectivity index (χ0n) is 17.4. The van der Waals surface area contributed by atoms with Gasteiger partial charge >= 0.3 is 0 Å². The van der Waals surface area contributed by atoms with Crippen LogP contribution in [-0.4, -0.2) is 54.2 Å². The van der Waals surface area contributed by atoms with Gasteiger partial charge in [0, 0.05) is 30.6 Å². The molecule has 1 aromatic rings. The van der Waals surface area contributed by atoms with Crippen LogP contribution in [0.3, 0.4) is 0 Å². The highest BCUT2D eigenvalue weighted by molar-refractivity contribution is 5.84. The van der Waals surface area contributed by atoms with Crippen LogP contribution in [0, 0.1) is 11.3 Å². The number of piperidine rings is 1. The van der Waals surface area contributed by atoms with Gasteiger partial charge in [-0.25, -0.2) is 0 Å². The van der Waals surface area contributed by atoms with Crippen LogP contribution in [0.1, 0.15) is 43.7 Å². The average Bonchev–Trinajstić information content (AvgIpc) is 3.09. The van der Waals surface area contributed by atoms with Crippen LogP contribution in [0.15, 0.2) is 24.3 Å². The zero-order chi connectivity index (χ0) is 20.2. The van der Waals surface area contributed by atoms with E-state index in [-0.39, 0.29) is 34.4 Å². The number of fused-ring (bicyclic) bond motifs is 1. The molecule has 0 unspecified atom stereocenters. The van der Waals surface area contributed by atoms with Gasteiger partial charge in [-0.1, -0.05) is 25.1 Å². The van der Waals surface area contributed by atoms with Crippen molar-refractivity contribution in [3.8, 4) is 11.5 Å². The lowest BCUT2D eigenvalue weighted by molar-refractivity contribution is -0.213. The Kier molecular flexibility index (Phi) is 3.37. The molecule has 5 heteroatoms. The fourth-order valence-corrected chi connectivity index (χ4v) is 7.84. The molecule has 1 aromatic carbocycles. The summed E-state index contributed by atoms with van der Waals surface area (Å²) in [4.78, 5) is 15.8. The van der Waals surface area contributed by atoms with Gasteiger partial charge in [-0.2, -0.15) is 0 Å². The topological polar surface area (TPSA) is 59.0 Å². The van der Waals surface area contributed by atoms with Gasteiger partial charge in [0.05, 0.1) is 11.3 Å². The fourth-order valence-electron chi connectivity index (χ4n) is 7.84. The maximum atomic E-state index is 13.3. The zero-order valence-corrected chi connectivity index (χ0v) is 17.4. The molecule has 0 radical (unpaired) electrons. The van der Waals surface area contributed by atoms with Crippen LogP contribution in [0.4, 0.5) is 0 Å². The van der Waals surface area contributed by atoms with Gasteiger partial charge in [-0.15, -0.1) is 0 Å². The lowest BCUT2D eigenvalue weighted by Gasteiger charge is -2.70. The number of hydrogen-bond donors (Lipinski definition) is 1. The molecule has 4 aliphatic carbocycles. The van der Waals surface area contributed by atoms with Crippen LogP contribution < -0.4 is 4.74 Å². The Morgan fingerprint density at radius 2 is 2.21 bits per heavy atom. The number of hydrogen-bond acceptors (Lipinski definition) is 5. The maximum absolute atomic E-state index is 13.3. The summed E-state index contributed by atoms with van der Waals surface area (Å²) in [7, 11) is 3.93. The summed E-state index contributed by atoms with van der Waals surface area (Å²) < 4.78 is 12.9. The maximum Gasteiger partial charge on any atom is 0.165 e. The number of ether oxygens (including phenoxy) is 2. The van der Waals surface area contributed by atoms with Gasteiger partial charge in [0.2, 0.25) is 0 Å². The van der Waals surface area contributed by atoms with Crippen molar-refractivity contribution in [2.45, 2.75) is 62.2 Å². The van der Waals surface area contributed by atoms with Gasteiger partial charge < -0.3 is 19.5 Å². The molecule has 2 heterocycles. The minimum Gasteiger partial charge on any atom is -0.504 e. The van der Waals surface area contributed by atoms with E-state index in [0.29, 0.717) is 18.2 Å². The van der Waals surface area contributed by atoms with E-state index in [0.717, 1.165) is 32.2 Å². The second-order valence-electron chi connectivity index (χ2n) is 9.77. The van der Waals surface area contributed by atoms with Crippen LogP contribution in [0.5, 0.6) is 11.5 Å². The van der Waals surface area contributed by atoms with Crippen molar-refractivity contribution in [3.63, 3.8) is 0 Å². The Labute approximate surface area is 171 Å². The molecule has 2 aliphatic heterocycles. The third-order valence-corrected chi connectivity index (χ3v) is 8.96. The molecule has 4 bridgehead atoms. The molecule has 1 N–H and O–H groups in total. The number of ketones is 1. The largest absolute Gasteiger partial charge is 0.504 e. The van der Waals surface area contributed by atoms with Crippen LogP contribution in [-0.2, 0) is 21.4 Å². The van der Waals surface area contributed by atoms with Crippen molar-refractivity contribution in [1.29, 1.82) is 0 Å². The summed E-state index contributed by atoms with van der Waals surface area (Å²) in [5, 5.41) is 10.7. The smallest absolute Gasteiger partial charge is 0.165 e. The monoisotopic (exact) mass is 395 g/mol. The van der Waals surface area contributed by atoms with Crippen molar-refractivity contribution in [1.82, 2.24) is 4.90 Å². The van der Waals surface area contributed by atoms with Gasteiger partial charge in [0.15, 0.2) is 11.5 Å². The molecule has 29 heavy (non-hydrogen) atoms. The molecule has 2 spiro atoms. The van der Waals surface area contributed by atoms with E-state index in [2.05, 4.69) is 37.1 Å². The van der Waals surface area contributed by atoms with E-state index >= 15 is 0 Å². The van der Waals surface area contributed by atoms with E-state index in [1.807, 2.05) is 0 Å². The van der Waals surface area contributed by atoms with Crippen molar-refractivity contribution in [3.05, 3.63) is 35.4 Å². The van der Waals surface area contributed by atoms with E-state index < -0.39 is 5.60 Å². The first-order valence-corrected chi connectivity index (χ1v) is 11.0. The number of nitrogens with zero attached hydrogens (tertiary/aromatic N) is 1. The molecule has 6 aliphatic rings. The highest BCUT2D eigenvalue weighted by Crippen LogP contribution is 2.74. The summed E-state index contributed by atoms with van der Waals surface area (Å²) in [6.07, 6.45) is 8.35. The first-order chi connectivity index (χ1) is 13.9. The molecule has 0 aromatic heterocycles. The van der Waals surface area contributed by atoms with Crippen LogP contribution >= 0.6 is 0 Å². The number of carbonyl (C=O) groups is 1. The summed E-state index contributed by atoms with van der Waals surface area (Å²) in [6, 6.07) is 4.17. The highest BCUT2D eigenvalue weighted by Gasteiger charge is 2.79. The number of rotatable bonds is 4. The molecule has 154 valence electrons. The Bertz CT molecular complexity index is 956. The molecule has 5 nitrogen and oxygen atoms in total. The first-order valence-electron chi connectivity index (χ1n) is 11.0. The predicted molar refractivity (Wildman–Crippen MR) is 108 cm³/mol. The van der Waals surface area contributed by atoms with Crippen molar-refractivity contribution in [2.24, 2.45) is 11.3 Å². The Balaban J connectivity index is 1.66. The molecule has 7 rings (SSSR count). The first kappa shape index (κ1) is 18.0. The van der Waals surface area contributed by atoms with Gasteiger partial charge in [0.25, 0.3) is 0 Å². The van der Waals surface area contributed by atoms with Crippen molar-refractivity contribution >= 4 is 5.78 Å². The standard InChI is InChI=1S/C24H29NO4/c1-4-5-16(26)15-13-22-8-9-24(15,28-3)21-23(22)10-11-25(2)18(22)12-14-6-7-17(27)20(29-21)19(14)23/h6-9,15,18,21,27H,4-5,10-13H2,1-3H3/t15-,18-,21-,22-,23+,24-/m1/s1. The van der Waals surface area contributed by atoms with Crippen LogP contribution in [0.2, 0.25) is 0 Å². The molecule has 1 saturated carbocycles. The SMILES string of the molecule is CCCC(=O)[C@H]1C[C@@]23C=C[C@]1(OC)[C@@H]1Oc4c(O)ccc5c4[C@@]12CCN(C)[C@@H]3C5. The van der Waals surface area contributed by atoms with Crippen molar-refractivity contribution < 1.29 is 19.4 Å². The molecular formula is C24H29NO4. The van der Waals surface area contributed by atoms with Gasteiger partial charge in [0.1, 0.15) is 17.5 Å². The second-order valence-corrected chi connectivity index (χ2v) is 9.77. The minimum atomic E-state index is -0.769. The normalized spacial score (nSPS) is 43.2. The summed E-state index contributed by atoms with van der Waals surface area (Å²) in [5.74, 6) is 0.918. The number of likely N-dealkylation sites (N-methyl/N-ethyl adjacent to an activating group) is 1. The lowest BCUT2D eigenvalue weighted by Crippen LogP contribution is -2.79. The lowest BCUT2D eigenvalue weighted by atomic mass is 9.37. The number of likely N-dealkylation sites (tertiary alicyclic amines) is 1. The number of phenolic OH excluding ortho intramolecular Hbond substituents is 1.